The van der Waals surface area contributed by atoms with Crippen LogP contribution in [0.25, 0.3) is 0 Å². The first-order chi connectivity index (χ1) is 4.70. The van der Waals surface area contributed by atoms with Crippen molar-refractivity contribution in [3.8, 4) is 0 Å². The minimum absolute atomic E-state index is 0.0337. The van der Waals surface area contributed by atoms with E-state index < -0.39 is 6.43 Å². The molecule has 0 spiro atoms. The Morgan fingerprint density at radius 2 is 2.10 bits per heavy atom. The molecule has 0 atom stereocenters. The first kappa shape index (κ1) is 7.34. The maximum absolute atomic E-state index is 11.8. The van der Waals surface area contributed by atoms with Crippen LogP contribution in [0.2, 0.25) is 0 Å². The lowest BCUT2D eigenvalue weighted by Crippen LogP contribution is -1.84. The van der Waals surface area contributed by atoms with Gasteiger partial charge in [-0.05, 0) is 12.1 Å². The zero-order valence-electron chi connectivity index (χ0n) is 4.97. The smallest absolute Gasteiger partial charge is 0.265 e. The molecule has 1 aromatic heterocycles. The van der Waals surface area contributed by atoms with Crippen molar-refractivity contribution in [1.82, 2.24) is 4.98 Å². The lowest BCUT2D eigenvalue weighted by atomic mass is 10.3. The number of aromatic amines is 1. The van der Waals surface area contributed by atoms with Gasteiger partial charge in [-0.25, -0.2) is 8.78 Å². The molecule has 1 N–H and O–H groups in total. The summed E-state index contributed by atoms with van der Waals surface area (Å²) >= 11 is 4.66. The lowest BCUT2D eigenvalue weighted by molar-refractivity contribution is 0.151. The summed E-state index contributed by atoms with van der Waals surface area (Å²) in [6.07, 6.45) is -1.21. The number of alkyl halides is 2. The molecule has 0 aliphatic carbocycles. The van der Waals surface area contributed by atoms with Crippen molar-refractivity contribution >= 4 is 12.2 Å². The molecule has 0 saturated heterocycles. The Bertz CT molecular complexity index is 248. The Hall–Kier alpha value is -0.770. The molecule has 0 bridgehead atoms. The van der Waals surface area contributed by atoms with Crippen molar-refractivity contribution in [1.29, 1.82) is 0 Å². The van der Waals surface area contributed by atoms with Crippen LogP contribution in [0.4, 0.5) is 8.78 Å². The number of H-pyrrole nitrogens is 1. The second-order valence-corrected chi connectivity index (χ2v) is 2.23. The van der Waals surface area contributed by atoms with E-state index in [1.165, 1.54) is 18.3 Å². The number of hydrogen-bond acceptors (Lipinski definition) is 1. The van der Waals surface area contributed by atoms with E-state index in [1.807, 2.05) is 0 Å². The SMILES string of the molecule is FC(F)c1ccc(=S)[nH]c1. The highest BCUT2D eigenvalue weighted by Crippen LogP contribution is 2.16. The van der Waals surface area contributed by atoms with E-state index in [1.54, 1.807) is 0 Å². The van der Waals surface area contributed by atoms with Crippen molar-refractivity contribution in [2.45, 2.75) is 6.43 Å². The largest absolute Gasteiger partial charge is 0.352 e. The molecule has 0 fully saturated rings. The van der Waals surface area contributed by atoms with Crippen LogP contribution in [0.5, 0.6) is 0 Å². The molecule has 1 heterocycles. The van der Waals surface area contributed by atoms with E-state index in [4.69, 9.17) is 0 Å². The molecule has 0 unspecified atom stereocenters. The molecule has 1 nitrogen and oxygen atoms in total. The topological polar surface area (TPSA) is 15.8 Å². The van der Waals surface area contributed by atoms with Crippen molar-refractivity contribution < 1.29 is 8.78 Å². The number of rotatable bonds is 1. The average Bonchev–Trinajstić information content (AvgIpc) is 1.88. The predicted molar refractivity (Wildman–Crippen MR) is 36.6 cm³/mol. The van der Waals surface area contributed by atoms with Gasteiger partial charge >= 0.3 is 0 Å². The Kier molecular flexibility index (Phi) is 2.11. The molecule has 54 valence electrons. The minimum Gasteiger partial charge on any atom is -0.352 e. The van der Waals surface area contributed by atoms with Crippen LogP contribution in [0.3, 0.4) is 0 Å². The standard InChI is InChI=1S/C6H5F2NS/c7-6(8)4-1-2-5(10)9-3-4/h1-3,6H,(H,9,10). The second-order valence-electron chi connectivity index (χ2n) is 1.79. The molecule has 0 aliphatic rings. The van der Waals surface area contributed by atoms with Crippen LogP contribution in [0, 0.1) is 4.64 Å². The van der Waals surface area contributed by atoms with Crippen molar-refractivity contribution in [3.05, 3.63) is 28.5 Å². The monoisotopic (exact) mass is 161 g/mol. The fourth-order valence-corrected chi connectivity index (χ4v) is 0.685. The summed E-state index contributed by atoms with van der Waals surface area (Å²) in [5.74, 6) is 0. The van der Waals surface area contributed by atoms with Crippen LogP contribution in [-0.2, 0) is 0 Å². The summed E-state index contributed by atoms with van der Waals surface area (Å²) in [5, 5.41) is 0. The quantitative estimate of drug-likeness (QED) is 0.626. The molecule has 0 saturated carbocycles. The van der Waals surface area contributed by atoms with Gasteiger partial charge in [0.05, 0.1) is 0 Å². The highest BCUT2D eigenvalue weighted by molar-refractivity contribution is 7.71. The molecular formula is C6H5F2NS. The van der Waals surface area contributed by atoms with Gasteiger partial charge in [0.2, 0.25) is 0 Å². The maximum Gasteiger partial charge on any atom is 0.265 e. The maximum atomic E-state index is 11.8. The van der Waals surface area contributed by atoms with Gasteiger partial charge in [0.15, 0.2) is 0 Å². The molecule has 0 radical (unpaired) electrons. The van der Waals surface area contributed by atoms with E-state index in [0.717, 1.165) is 0 Å². The molecule has 10 heavy (non-hydrogen) atoms. The van der Waals surface area contributed by atoms with Gasteiger partial charge in [-0.1, -0.05) is 12.2 Å². The summed E-state index contributed by atoms with van der Waals surface area (Å²) < 4.78 is 24.2. The van der Waals surface area contributed by atoms with Gasteiger partial charge in [0, 0.05) is 11.8 Å². The first-order valence-electron chi connectivity index (χ1n) is 2.67. The van der Waals surface area contributed by atoms with Gasteiger partial charge < -0.3 is 4.98 Å². The van der Waals surface area contributed by atoms with Crippen LogP contribution >= 0.6 is 12.2 Å². The normalized spacial score (nSPS) is 10.3. The number of nitrogens with one attached hydrogen (secondary N) is 1. The molecule has 0 aliphatic heterocycles. The summed E-state index contributed by atoms with van der Waals surface area (Å²) in [7, 11) is 0. The van der Waals surface area contributed by atoms with Crippen LogP contribution in [0.15, 0.2) is 18.3 Å². The fourth-order valence-electron chi connectivity index (χ4n) is 0.558. The van der Waals surface area contributed by atoms with Gasteiger partial charge in [0.1, 0.15) is 4.64 Å². The number of aromatic nitrogens is 1. The Morgan fingerprint density at radius 1 is 1.40 bits per heavy atom. The summed E-state index contributed by atoms with van der Waals surface area (Å²) in [5.41, 5.74) is -0.0337. The summed E-state index contributed by atoms with van der Waals surface area (Å²) in [6.45, 7) is 0. The van der Waals surface area contributed by atoms with Crippen molar-refractivity contribution in [3.63, 3.8) is 0 Å². The third-order valence-corrected chi connectivity index (χ3v) is 1.31. The van der Waals surface area contributed by atoms with Gasteiger partial charge in [-0.15, -0.1) is 0 Å². The third kappa shape index (κ3) is 1.60. The summed E-state index contributed by atoms with van der Waals surface area (Å²) in [6, 6.07) is 2.75. The number of halogens is 2. The predicted octanol–water partition coefficient (Wildman–Crippen LogP) is 2.68. The van der Waals surface area contributed by atoms with E-state index in [0.29, 0.717) is 4.64 Å². The highest BCUT2D eigenvalue weighted by atomic mass is 32.1. The molecule has 1 rings (SSSR count). The molecule has 4 heteroatoms. The number of hydrogen-bond donors (Lipinski definition) is 1. The van der Waals surface area contributed by atoms with E-state index >= 15 is 0 Å². The van der Waals surface area contributed by atoms with Crippen molar-refractivity contribution in [2.24, 2.45) is 0 Å². The van der Waals surface area contributed by atoms with Crippen molar-refractivity contribution in [2.75, 3.05) is 0 Å². The van der Waals surface area contributed by atoms with Gasteiger partial charge in [0.25, 0.3) is 6.43 Å². The fraction of sp³-hybridized carbons (Fsp3) is 0.167. The number of pyridine rings is 1. The Balaban J connectivity index is 3.00. The zero-order valence-corrected chi connectivity index (χ0v) is 5.79. The average molecular weight is 161 g/mol. The van der Waals surface area contributed by atoms with Gasteiger partial charge in [-0.2, -0.15) is 0 Å². The first-order valence-corrected chi connectivity index (χ1v) is 3.08. The lowest BCUT2D eigenvalue weighted by Gasteiger charge is -1.95. The van der Waals surface area contributed by atoms with E-state index in [9.17, 15) is 8.78 Å². The third-order valence-electron chi connectivity index (χ3n) is 1.06. The van der Waals surface area contributed by atoms with Crippen LogP contribution in [0.1, 0.15) is 12.0 Å². The molecule has 0 aromatic carbocycles. The zero-order chi connectivity index (χ0) is 7.56. The molecule has 0 amide bonds. The van der Waals surface area contributed by atoms with Crippen LogP contribution in [-0.4, -0.2) is 4.98 Å². The molecule has 1 aromatic rings. The second kappa shape index (κ2) is 2.88. The van der Waals surface area contributed by atoms with Crippen LogP contribution < -0.4 is 0 Å². The van der Waals surface area contributed by atoms with E-state index in [2.05, 4.69) is 17.2 Å². The van der Waals surface area contributed by atoms with Gasteiger partial charge in [-0.3, -0.25) is 0 Å². The minimum atomic E-state index is -2.42. The van der Waals surface area contributed by atoms with E-state index in [-0.39, 0.29) is 5.56 Å². The molecular weight excluding hydrogens is 156 g/mol. The Morgan fingerprint density at radius 3 is 2.50 bits per heavy atom. The summed E-state index contributed by atoms with van der Waals surface area (Å²) in [4.78, 5) is 2.52. The highest BCUT2D eigenvalue weighted by Gasteiger charge is 2.03. The Labute approximate surface area is 61.7 Å².